The lowest BCUT2D eigenvalue weighted by Crippen LogP contribution is -2.25. The third-order valence-electron chi connectivity index (χ3n) is 5.73. The third kappa shape index (κ3) is 4.93. The Morgan fingerprint density at radius 2 is 1.78 bits per heavy atom. The molecule has 9 heteroatoms. The normalized spacial score (nSPS) is 19.2. The lowest BCUT2D eigenvalue weighted by atomic mass is 9.87. The van der Waals surface area contributed by atoms with Gasteiger partial charge >= 0.3 is 0 Å². The Bertz CT molecular complexity index is 1240. The van der Waals surface area contributed by atoms with Gasteiger partial charge in [-0.05, 0) is 56.0 Å². The standard InChI is InChI=1S/C23H27N3O5S/c1-15(2)22-24-23(31-25-22)16-4-8-18(9-5-16)30-19-12-13-26(21(27)14-19)17-6-10-20(11-7-17)32(3,28)29/h6-7,10-16,18H,4-5,8-9H2,1-3H3. The van der Waals surface area contributed by atoms with Crippen LogP contribution in [0.4, 0.5) is 0 Å². The van der Waals surface area contributed by atoms with Gasteiger partial charge in [-0.25, -0.2) is 8.42 Å². The summed E-state index contributed by atoms with van der Waals surface area (Å²) < 4.78 is 36.2. The average Bonchev–Trinajstić information content (AvgIpc) is 3.25. The van der Waals surface area contributed by atoms with Crippen molar-refractivity contribution in [3.05, 3.63) is 64.7 Å². The molecule has 8 nitrogen and oxygen atoms in total. The summed E-state index contributed by atoms with van der Waals surface area (Å²) in [5.74, 6) is 2.47. The summed E-state index contributed by atoms with van der Waals surface area (Å²) in [5, 5.41) is 4.05. The number of aromatic nitrogens is 3. The number of pyridine rings is 1. The maximum Gasteiger partial charge on any atom is 0.258 e. The molecule has 1 aromatic carbocycles. The van der Waals surface area contributed by atoms with E-state index in [-0.39, 0.29) is 28.4 Å². The van der Waals surface area contributed by atoms with Crippen molar-refractivity contribution >= 4 is 9.84 Å². The maximum atomic E-state index is 12.6. The van der Waals surface area contributed by atoms with Crippen LogP contribution in [0.2, 0.25) is 0 Å². The van der Waals surface area contributed by atoms with E-state index in [9.17, 15) is 13.2 Å². The third-order valence-corrected chi connectivity index (χ3v) is 6.86. The van der Waals surface area contributed by atoms with Gasteiger partial charge in [0.1, 0.15) is 5.75 Å². The summed E-state index contributed by atoms with van der Waals surface area (Å²) in [5.41, 5.74) is 0.352. The second-order valence-corrected chi connectivity index (χ2v) is 10.6. The van der Waals surface area contributed by atoms with Crippen molar-refractivity contribution in [3.8, 4) is 11.4 Å². The number of hydrogen-bond donors (Lipinski definition) is 0. The molecule has 0 N–H and O–H groups in total. The molecule has 0 aliphatic heterocycles. The highest BCUT2D eigenvalue weighted by Crippen LogP contribution is 2.34. The van der Waals surface area contributed by atoms with E-state index in [0.29, 0.717) is 17.3 Å². The van der Waals surface area contributed by atoms with Crippen LogP contribution in [-0.4, -0.2) is 35.5 Å². The molecule has 0 atom stereocenters. The van der Waals surface area contributed by atoms with Crippen molar-refractivity contribution in [2.45, 2.75) is 62.4 Å². The number of sulfone groups is 1. The summed E-state index contributed by atoms with van der Waals surface area (Å²) >= 11 is 0. The average molecular weight is 458 g/mol. The van der Waals surface area contributed by atoms with E-state index in [2.05, 4.69) is 10.1 Å². The van der Waals surface area contributed by atoms with Crippen molar-refractivity contribution in [3.63, 3.8) is 0 Å². The van der Waals surface area contributed by atoms with Gasteiger partial charge in [0, 0.05) is 36.0 Å². The van der Waals surface area contributed by atoms with Gasteiger partial charge in [-0.2, -0.15) is 4.98 Å². The van der Waals surface area contributed by atoms with Crippen molar-refractivity contribution in [2.24, 2.45) is 0 Å². The molecule has 1 saturated carbocycles. The second kappa shape index (κ2) is 8.90. The van der Waals surface area contributed by atoms with Gasteiger partial charge in [-0.3, -0.25) is 9.36 Å². The van der Waals surface area contributed by atoms with Crippen LogP contribution in [0.1, 0.15) is 63.1 Å². The fourth-order valence-electron chi connectivity index (χ4n) is 3.87. The molecule has 0 spiro atoms. The Hall–Kier alpha value is -2.94. The van der Waals surface area contributed by atoms with Crippen LogP contribution in [0, 0.1) is 0 Å². The zero-order valence-corrected chi connectivity index (χ0v) is 19.2. The van der Waals surface area contributed by atoms with E-state index < -0.39 is 9.84 Å². The fraction of sp³-hybridized carbons (Fsp3) is 0.435. The highest BCUT2D eigenvalue weighted by atomic mass is 32.2. The van der Waals surface area contributed by atoms with Crippen LogP contribution < -0.4 is 10.3 Å². The number of rotatable bonds is 6. The van der Waals surface area contributed by atoms with Gasteiger partial charge in [0.15, 0.2) is 15.7 Å². The highest BCUT2D eigenvalue weighted by Gasteiger charge is 2.28. The molecule has 0 radical (unpaired) electrons. The van der Waals surface area contributed by atoms with Gasteiger partial charge in [-0.15, -0.1) is 0 Å². The van der Waals surface area contributed by atoms with E-state index in [0.717, 1.165) is 37.8 Å². The van der Waals surface area contributed by atoms with E-state index in [1.807, 2.05) is 13.8 Å². The maximum absolute atomic E-state index is 12.6. The lowest BCUT2D eigenvalue weighted by Gasteiger charge is -2.27. The van der Waals surface area contributed by atoms with Crippen molar-refractivity contribution < 1.29 is 17.7 Å². The van der Waals surface area contributed by atoms with Crippen LogP contribution in [0.3, 0.4) is 0 Å². The zero-order valence-electron chi connectivity index (χ0n) is 18.4. The molecule has 32 heavy (non-hydrogen) atoms. The molecule has 2 heterocycles. The molecule has 1 aliphatic rings. The SMILES string of the molecule is CC(C)c1noc(C2CCC(Oc3ccn(-c4ccc(S(C)(=O)=O)cc4)c(=O)c3)CC2)n1. The van der Waals surface area contributed by atoms with Gasteiger partial charge in [-0.1, -0.05) is 19.0 Å². The van der Waals surface area contributed by atoms with Crippen LogP contribution >= 0.6 is 0 Å². The number of ether oxygens (including phenoxy) is 1. The Morgan fingerprint density at radius 1 is 1.09 bits per heavy atom. The second-order valence-electron chi connectivity index (χ2n) is 8.57. The molecule has 1 fully saturated rings. The minimum atomic E-state index is -3.28. The Balaban J connectivity index is 1.38. The highest BCUT2D eigenvalue weighted by molar-refractivity contribution is 7.90. The van der Waals surface area contributed by atoms with Crippen LogP contribution in [-0.2, 0) is 9.84 Å². The van der Waals surface area contributed by atoms with E-state index in [4.69, 9.17) is 9.26 Å². The van der Waals surface area contributed by atoms with Crippen LogP contribution in [0.5, 0.6) is 5.75 Å². The first kappa shape index (κ1) is 22.3. The Morgan fingerprint density at radius 3 is 2.34 bits per heavy atom. The molecule has 0 saturated heterocycles. The van der Waals surface area contributed by atoms with E-state index in [1.165, 1.54) is 22.8 Å². The molecule has 2 aromatic heterocycles. The summed E-state index contributed by atoms with van der Waals surface area (Å²) in [7, 11) is -3.28. The fourth-order valence-corrected chi connectivity index (χ4v) is 4.50. The van der Waals surface area contributed by atoms with Gasteiger partial charge < -0.3 is 9.26 Å². The molecule has 3 aromatic rings. The molecule has 0 bridgehead atoms. The van der Waals surface area contributed by atoms with Gasteiger partial charge in [0.25, 0.3) is 5.56 Å². The number of benzene rings is 1. The summed E-state index contributed by atoms with van der Waals surface area (Å²) in [4.78, 5) is 17.3. The first-order chi connectivity index (χ1) is 15.2. The molecule has 4 rings (SSSR count). The smallest absolute Gasteiger partial charge is 0.258 e. The van der Waals surface area contributed by atoms with Crippen molar-refractivity contribution in [2.75, 3.05) is 6.26 Å². The van der Waals surface area contributed by atoms with Crippen LogP contribution in [0.25, 0.3) is 5.69 Å². The summed E-state index contributed by atoms with van der Waals surface area (Å²) in [6.07, 6.45) is 6.31. The molecular formula is C23H27N3O5S. The van der Waals surface area contributed by atoms with Gasteiger partial charge in [0.2, 0.25) is 5.89 Å². The molecule has 0 unspecified atom stereocenters. The van der Waals surface area contributed by atoms with Crippen molar-refractivity contribution in [1.82, 2.24) is 14.7 Å². The largest absolute Gasteiger partial charge is 0.490 e. The number of hydrogen-bond acceptors (Lipinski definition) is 7. The predicted octanol–water partition coefficient (Wildman–Crippen LogP) is 3.85. The Kier molecular flexibility index (Phi) is 6.19. The predicted molar refractivity (Wildman–Crippen MR) is 119 cm³/mol. The first-order valence-electron chi connectivity index (χ1n) is 10.7. The quantitative estimate of drug-likeness (QED) is 0.554. The van der Waals surface area contributed by atoms with Gasteiger partial charge in [0.05, 0.1) is 11.0 Å². The summed E-state index contributed by atoms with van der Waals surface area (Å²) in [6, 6.07) is 9.43. The minimum absolute atomic E-state index is 0.0306. The Labute approximate surface area is 187 Å². The topological polar surface area (TPSA) is 104 Å². The molecule has 170 valence electrons. The molecule has 0 amide bonds. The van der Waals surface area contributed by atoms with E-state index >= 15 is 0 Å². The monoisotopic (exact) mass is 457 g/mol. The minimum Gasteiger partial charge on any atom is -0.490 e. The molecular weight excluding hydrogens is 430 g/mol. The van der Waals surface area contributed by atoms with E-state index in [1.54, 1.807) is 24.4 Å². The lowest BCUT2D eigenvalue weighted by molar-refractivity contribution is 0.139. The van der Waals surface area contributed by atoms with Crippen LogP contribution in [0.15, 0.2) is 56.8 Å². The molecule has 1 aliphatic carbocycles. The first-order valence-corrected chi connectivity index (χ1v) is 12.6. The van der Waals surface area contributed by atoms with Crippen molar-refractivity contribution in [1.29, 1.82) is 0 Å². The number of nitrogens with zero attached hydrogens (tertiary/aromatic N) is 3. The summed E-state index contributed by atoms with van der Waals surface area (Å²) in [6.45, 7) is 4.08. The zero-order chi connectivity index (χ0) is 22.9.